The zero-order valence-corrected chi connectivity index (χ0v) is 10.3. The third-order valence-electron chi connectivity index (χ3n) is 3.52. The van der Waals surface area contributed by atoms with Gasteiger partial charge < -0.3 is 10.2 Å². The lowest BCUT2D eigenvalue weighted by atomic mass is 9.95. The molecule has 1 saturated heterocycles. The van der Waals surface area contributed by atoms with E-state index in [0.29, 0.717) is 6.54 Å². The molecule has 1 aromatic rings. The molecule has 2 rings (SSSR count). The minimum Gasteiger partial charge on any atom is -0.480 e. The van der Waals surface area contributed by atoms with Crippen LogP contribution in [0.1, 0.15) is 24.4 Å². The molecular formula is C14H19NO3. The first kappa shape index (κ1) is 13.1. The number of nitrogens with zero attached hydrogens (tertiary/aromatic N) is 1. The van der Waals surface area contributed by atoms with E-state index in [-0.39, 0.29) is 12.5 Å². The summed E-state index contributed by atoms with van der Waals surface area (Å²) in [5, 5.41) is 18.7. The van der Waals surface area contributed by atoms with Crippen molar-refractivity contribution in [2.24, 2.45) is 5.92 Å². The maximum Gasteiger partial charge on any atom is 0.325 e. The van der Waals surface area contributed by atoms with Gasteiger partial charge in [-0.3, -0.25) is 9.69 Å². The van der Waals surface area contributed by atoms with E-state index in [1.165, 1.54) is 0 Å². The molecule has 1 heterocycles. The number of carboxylic acids is 1. The highest BCUT2D eigenvalue weighted by molar-refractivity contribution is 5.75. The first-order valence-electron chi connectivity index (χ1n) is 6.35. The van der Waals surface area contributed by atoms with Gasteiger partial charge in [-0.25, -0.2) is 0 Å². The van der Waals surface area contributed by atoms with Crippen molar-refractivity contribution in [3.05, 3.63) is 35.9 Å². The van der Waals surface area contributed by atoms with Crippen molar-refractivity contribution in [1.82, 2.24) is 4.90 Å². The first-order chi connectivity index (χ1) is 8.72. The Morgan fingerprint density at radius 1 is 1.39 bits per heavy atom. The summed E-state index contributed by atoms with van der Waals surface area (Å²) in [6.07, 6.45) is 1.93. The standard InChI is InChI=1S/C14H19NO3/c16-10-11-5-4-8-15(9-11)13(14(17)18)12-6-2-1-3-7-12/h1-3,6-7,11,13,16H,4-5,8-10H2,(H,17,18). The topological polar surface area (TPSA) is 60.8 Å². The average molecular weight is 249 g/mol. The first-order valence-corrected chi connectivity index (χ1v) is 6.35. The van der Waals surface area contributed by atoms with E-state index in [1.54, 1.807) is 0 Å². The lowest BCUT2D eigenvalue weighted by Crippen LogP contribution is -2.42. The van der Waals surface area contributed by atoms with Crippen molar-refractivity contribution in [2.45, 2.75) is 18.9 Å². The fraction of sp³-hybridized carbons (Fsp3) is 0.500. The smallest absolute Gasteiger partial charge is 0.325 e. The normalized spacial score (nSPS) is 22.6. The summed E-state index contributed by atoms with van der Waals surface area (Å²) in [6.45, 7) is 1.57. The van der Waals surface area contributed by atoms with Crippen molar-refractivity contribution < 1.29 is 15.0 Å². The van der Waals surface area contributed by atoms with E-state index >= 15 is 0 Å². The Labute approximate surface area is 107 Å². The van der Waals surface area contributed by atoms with Crippen molar-refractivity contribution in [2.75, 3.05) is 19.7 Å². The number of hydrogen-bond donors (Lipinski definition) is 2. The molecule has 4 nitrogen and oxygen atoms in total. The van der Waals surface area contributed by atoms with Gasteiger partial charge in [0, 0.05) is 13.2 Å². The fourth-order valence-electron chi connectivity index (χ4n) is 2.63. The highest BCUT2D eigenvalue weighted by atomic mass is 16.4. The summed E-state index contributed by atoms with van der Waals surface area (Å²) in [5.74, 6) is -0.621. The number of benzene rings is 1. The van der Waals surface area contributed by atoms with Crippen LogP contribution in [0.25, 0.3) is 0 Å². The average Bonchev–Trinajstić information content (AvgIpc) is 2.40. The number of carboxylic acid groups (broad SMARTS) is 1. The molecule has 0 bridgehead atoms. The van der Waals surface area contributed by atoms with Crippen LogP contribution < -0.4 is 0 Å². The molecule has 1 fully saturated rings. The number of aliphatic hydroxyl groups excluding tert-OH is 1. The minimum absolute atomic E-state index is 0.137. The zero-order valence-electron chi connectivity index (χ0n) is 10.3. The number of aliphatic hydroxyl groups is 1. The molecule has 0 saturated carbocycles. The lowest BCUT2D eigenvalue weighted by Gasteiger charge is -2.35. The van der Waals surface area contributed by atoms with Crippen LogP contribution >= 0.6 is 0 Å². The molecule has 1 aromatic carbocycles. The Morgan fingerprint density at radius 3 is 2.72 bits per heavy atom. The van der Waals surface area contributed by atoms with Crippen LogP contribution in [0.3, 0.4) is 0 Å². The molecule has 1 aliphatic heterocycles. The van der Waals surface area contributed by atoms with E-state index in [4.69, 9.17) is 0 Å². The van der Waals surface area contributed by atoms with E-state index < -0.39 is 12.0 Å². The summed E-state index contributed by atoms with van der Waals surface area (Å²) < 4.78 is 0. The molecule has 2 N–H and O–H groups in total. The van der Waals surface area contributed by atoms with Crippen LogP contribution in [-0.2, 0) is 4.79 Å². The monoisotopic (exact) mass is 249 g/mol. The molecule has 0 aliphatic carbocycles. The van der Waals surface area contributed by atoms with Crippen molar-refractivity contribution in [3.8, 4) is 0 Å². The van der Waals surface area contributed by atoms with Crippen LogP contribution in [0.4, 0.5) is 0 Å². The maximum absolute atomic E-state index is 11.5. The summed E-state index contributed by atoms with van der Waals surface area (Å²) in [4.78, 5) is 13.5. The highest BCUT2D eigenvalue weighted by Crippen LogP contribution is 2.26. The van der Waals surface area contributed by atoms with Crippen LogP contribution in [0.2, 0.25) is 0 Å². The van der Waals surface area contributed by atoms with Gasteiger partial charge in [-0.2, -0.15) is 0 Å². The number of hydrogen-bond acceptors (Lipinski definition) is 3. The second-order valence-corrected chi connectivity index (χ2v) is 4.84. The maximum atomic E-state index is 11.5. The largest absolute Gasteiger partial charge is 0.480 e. The molecule has 98 valence electrons. The van der Waals surface area contributed by atoms with Crippen molar-refractivity contribution in [1.29, 1.82) is 0 Å². The highest BCUT2D eigenvalue weighted by Gasteiger charge is 2.31. The van der Waals surface area contributed by atoms with E-state index in [2.05, 4.69) is 0 Å². The van der Waals surface area contributed by atoms with Gasteiger partial charge in [0.1, 0.15) is 6.04 Å². The molecule has 2 unspecified atom stereocenters. The Hall–Kier alpha value is -1.39. The van der Waals surface area contributed by atoms with Crippen LogP contribution in [0.15, 0.2) is 30.3 Å². The minimum atomic E-state index is -0.820. The summed E-state index contributed by atoms with van der Waals surface area (Å²) in [5.41, 5.74) is 0.809. The van der Waals surface area contributed by atoms with Gasteiger partial charge in [-0.05, 0) is 30.9 Å². The quantitative estimate of drug-likeness (QED) is 0.849. The Bertz CT molecular complexity index is 393. The molecule has 0 aromatic heterocycles. The molecule has 2 atom stereocenters. The number of carbonyl (C=O) groups is 1. The number of rotatable bonds is 4. The van der Waals surface area contributed by atoms with Crippen LogP contribution in [0.5, 0.6) is 0 Å². The molecule has 18 heavy (non-hydrogen) atoms. The molecule has 0 spiro atoms. The van der Waals surface area contributed by atoms with Gasteiger partial charge in [-0.15, -0.1) is 0 Å². The van der Waals surface area contributed by atoms with E-state index in [9.17, 15) is 15.0 Å². The SMILES string of the molecule is O=C(O)C(c1ccccc1)N1CCCC(CO)C1. The third-order valence-corrected chi connectivity index (χ3v) is 3.52. The molecule has 0 radical (unpaired) electrons. The summed E-state index contributed by atoms with van der Waals surface area (Å²) in [7, 11) is 0. The van der Waals surface area contributed by atoms with Crippen molar-refractivity contribution >= 4 is 5.97 Å². The molecule has 0 amide bonds. The Balaban J connectivity index is 2.18. The van der Waals surface area contributed by atoms with Gasteiger partial charge in [-0.1, -0.05) is 30.3 Å². The van der Waals surface area contributed by atoms with Crippen LogP contribution in [0, 0.1) is 5.92 Å². The lowest BCUT2D eigenvalue weighted by molar-refractivity contribution is -0.144. The fourth-order valence-corrected chi connectivity index (χ4v) is 2.63. The molecule has 1 aliphatic rings. The summed E-state index contributed by atoms with van der Waals surface area (Å²) >= 11 is 0. The van der Waals surface area contributed by atoms with Gasteiger partial charge in [0.2, 0.25) is 0 Å². The second kappa shape index (κ2) is 5.98. The van der Waals surface area contributed by atoms with Gasteiger partial charge in [0.05, 0.1) is 0 Å². The van der Waals surface area contributed by atoms with Gasteiger partial charge >= 0.3 is 5.97 Å². The van der Waals surface area contributed by atoms with Gasteiger partial charge in [0.15, 0.2) is 0 Å². The zero-order chi connectivity index (χ0) is 13.0. The van der Waals surface area contributed by atoms with Crippen molar-refractivity contribution in [3.63, 3.8) is 0 Å². The predicted octanol–water partition coefficient (Wildman–Crippen LogP) is 1.52. The third kappa shape index (κ3) is 2.89. The number of piperidine rings is 1. The summed E-state index contributed by atoms with van der Waals surface area (Å²) in [6, 6.07) is 8.70. The molecule has 4 heteroatoms. The number of aliphatic carboxylic acids is 1. The number of likely N-dealkylation sites (tertiary alicyclic amines) is 1. The van der Waals surface area contributed by atoms with Crippen LogP contribution in [-0.4, -0.2) is 40.8 Å². The van der Waals surface area contributed by atoms with Gasteiger partial charge in [0.25, 0.3) is 0 Å². The Kier molecular flexibility index (Phi) is 4.33. The Morgan fingerprint density at radius 2 is 2.11 bits per heavy atom. The van der Waals surface area contributed by atoms with E-state index in [1.807, 2.05) is 35.2 Å². The second-order valence-electron chi connectivity index (χ2n) is 4.84. The molecular weight excluding hydrogens is 230 g/mol. The van der Waals surface area contributed by atoms with E-state index in [0.717, 1.165) is 24.9 Å². The predicted molar refractivity (Wildman–Crippen MR) is 68.2 cm³/mol.